The number of unbranched alkanes of at least 4 members (excludes halogenated alkanes) is 11. The second kappa shape index (κ2) is 17.7. The molecule has 0 aromatic carbocycles. The Morgan fingerprint density at radius 2 is 1.00 bits per heavy atom. The predicted octanol–water partition coefficient (Wildman–Crippen LogP) is 8.49. The number of rotatable bonds is 14. The summed E-state index contributed by atoms with van der Waals surface area (Å²) in [6.45, 7) is 9.17. The molecule has 0 aliphatic heterocycles. The molecule has 25 heavy (non-hydrogen) atoms. The standard InChI is InChI=1S/C19H41N.4ClH.Fe/c1-5-6-7-8-9-10-11-12-13-14-15-16-17-18(2)19(3,4)20;;;;;/h18H,5-17,20H2,1-4H3;4*1H;/q;;;;;+3/p-3. The van der Waals surface area contributed by atoms with Crippen LogP contribution in [0, 0.1) is 5.92 Å². The van der Waals surface area contributed by atoms with Crippen LogP contribution in [0.1, 0.15) is 111 Å². The van der Waals surface area contributed by atoms with Crippen molar-refractivity contribution in [1.82, 2.24) is 0 Å². The third kappa shape index (κ3) is 30.6. The van der Waals surface area contributed by atoms with E-state index in [0.717, 1.165) is 5.92 Å². The Kier molecular flexibility index (Phi) is 20.4. The van der Waals surface area contributed by atoms with Crippen LogP contribution < -0.4 is 5.73 Å². The summed E-state index contributed by atoms with van der Waals surface area (Å²) in [6, 6.07) is 0. The van der Waals surface area contributed by atoms with Crippen LogP contribution in [0.25, 0.3) is 0 Å². The topological polar surface area (TPSA) is 27.6 Å². The molecule has 1 nitrogen and oxygen atoms in total. The van der Waals surface area contributed by atoms with E-state index in [4.69, 9.17) is 40.4 Å². The molecule has 159 valence electrons. The van der Waals surface area contributed by atoms with Gasteiger partial charge in [-0.15, -0.1) is 0 Å². The van der Waals surface area contributed by atoms with E-state index in [1.165, 1.54) is 83.5 Å². The first-order chi connectivity index (χ1) is 11.5. The molecule has 6 heteroatoms. The summed E-state index contributed by atoms with van der Waals surface area (Å²) in [5.41, 5.74) is 4.49. The SMILES string of the molecule is CCCCCCCCCCCCCCC(C)C(C)(C)[NH3+].[Cl][Fe-]([Cl])([Cl])[Cl]. The van der Waals surface area contributed by atoms with Gasteiger partial charge in [-0.05, 0) is 20.3 Å². The molecule has 1 unspecified atom stereocenters. The molecule has 3 N–H and O–H groups in total. The van der Waals surface area contributed by atoms with E-state index in [1.807, 2.05) is 0 Å². The fourth-order valence-electron chi connectivity index (χ4n) is 2.68. The summed E-state index contributed by atoms with van der Waals surface area (Å²) >= 11 is 0. The van der Waals surface area contributed by atoms with Crippen molar-refractivity contribution in [3.8, 4) is 0 Å². The number of hydrogen-bond acceptors (Lipinski definition) is 0. The van der Waals surface area contributed by atoms with Gasteiger partial charge in [0.2, 0.25) is 0 Å². The number of quaternary nitrogens is 1. The second-order valence-corrected chi connectivity index (χ2v) is 18.8. The van der Waals surface area contributed by atoms with Crippen molar-refractivity contribution in [2.24, 2.45) is 5.92 Å². The van der Waals surface area contributed by atoms with Gasteiger partial charge >= 0.3 is 49.6 Å². The average Bonchev–Trinajstić information content (AvgIpc) is 2.45. The Morgan fingerprint density at radius 3 is 1.28 bits per heavy atom. The van der Waals surface area contributed by atoms with E-state index < -0.39 is 9.20 Å². The molecule has 0 aromatic rings. The van der Waals surface area contributed by atoms with Gasteiger partial charge in [0.15, 0.2) is 0 Å². The molecule has 0 fully saturated rings. The molecule has 0 amide bonds. The van der Waals surface area contributed by atoms with Gasteiger partial charge in [-0.25, -0.2) is 0 Å². The van der Waals surface area contributed by atoms with Gasteiger partial charge in [0.25, 0.3) is 0 Å². The first-order valence-corrected chi connectivity index (χ1v) is 15.9. The monoisotopic (exact) mass is 480 g/mol. The van der Waals surface area contributed by atoms with Crippen LogP contribution in [0.2, 0.25) is 0 Å². The summed E-state index contributed by atoms with van der Waals surface area (Å²) < 4.78 is 0. The van der Waals surface area contributed by atoms with Gasteiger partial charge in [-0.1, -0.05) is 90.9 Å². The van der Waals surface area contributed by atoms with E-state index >= 15 is 0 Å². The predicted molar refractivity (Wildman–Crippen MR) is 115 cm³/mol. The number of hydrogen-bond donors (Lipinski definition) is 1. The summed E-state index contributed by atoms with van der Waals surface area (Å²) in [5.74, 6) is 0.755. The molecule has 0 aliphatic carbocycles. The molecule has 0 aliphatic rings. The quantitative estimate of drug-likeness (QED) is 0.190. The minimum atomic E-state index is -2.61. The molecule has 0 saturated heterocycles. The molecule has 1 atom stereocenters. The number of halogens is 4. The molecule has 0 rings (SSSR count). The van der Waals surface area contributed by atoms with E-state index in [-0.39, 0.29) is 5.54 Å². The van der Waals surface area contributed by atoms with Crippen LogP contribution in [0.3, 0.4) is 0 Å². The summed E-state index contributed by atoms with van der Waals surface area (Å²) in [6.07, 6.45) is 18.7. The normalized spacial score (nSPS) is 14.0. The maximum atomic E-state index is 4.95. The molecule has 0 aromatic heterocycles. The molecule has 0 spiro atoms. The molecule has 0 heterocycles. The zero-order valence-electron chi connectivity index (χ0n) is 16.8. The van der Waals surface area contributed by atoms with E-state index in [2.05, 4.69) is 33.4 Å². The van der Waals surface area contributed by atoms with E-state index in [1.54, 1.807) is 0 Å². The van der Waals surface area contributed by atoms with Gasteiger partial charge < -0.3 is 5.73 Å². The van der Waals surface area contributed by atoms with Crippen LogP contribution >= 0.6 is 40.4 Å². The Balaban J connectivity index is 0. The zero-order chi connectivity index (χ0) is 19.8. The molecular weight excluding hydrogens is 440 g/mol. The van der Waals surface area contributed by atoms with Gasteiger partial charge in [-0.2, -0.15) is 0 Å². The molecular formula is C19H42Cl4FeN. The van der Waals surface area contributed by atoms with Crippen LogP contribution in [-0.4, -0.2) is 5.54 Å². The van der Waals surface area contributed by atoms with Crippen molar-refractivity contribution < 1.29 is 14.9 Å². The Labute approximate surface area is 177 Å². The van der Waals surface area contributed by atoms with E-state index in [9.17, 15) is 0 Å². The maximum absolute atomic E-state index is 4.95. The first kappa shape index (κ1) is 28.8. The van der Waals surface area contributed by atoms with Crippen molar-refractivity contribution in [2.45, 2.75) is 117 Å². The average molecular weight is 482 g/mol. The summed E-state index contributed by atoms with van der Waals surface area (Å²) in [4.78, 5) is 0. The van der Waals surface area contributed by atoms with Crippen LogP contribution in [0.4, 0.5) is 0 Å². The first-order valence-electron chi connectivity index (χ1n) is 9.87. The third-order valence-electron chi connectivity index (χ3n) is 4.82. The van der Waals surface area contributed by atoms with Gasteiger partial charge in [0.1, 0.15) is 0 Å². The van der Waals surface area contributed by atoms with E-state index in [0.29, 0.717) is 0 Å². The van der Waals surface area contributed by atoms with Crippen molar-refractivity contribution in [1.29, 1.82) is 0 Å². The molecule has 0 saturated carbocycles. The Morgan fingerprint density at radius 1 is 0.720 bits per heavy atom. The van der Waals surface area contributed by atoms with Gasteiger partial charge in [0.05, 0.1) is 5.54 Å². The summed E-state index contributed by atoms with van der Waals surface area (Å²) in [5, 5.41) is 0. The van der Waals surface area contributed by atoms with Gasteiger partial charge in [0, 0.05) is 5.92 Å². The molecule has 0 radical (unpaired) electrons. The fourth-order valence-corrected chi connectivity index (χ4v) is 2.68. The van der Waals surface area contributed by atoms with Crippen molar-refractivity contribution in [3.05, 3.63) is 0 Å². The van der Waals surface area contributed by atoms with Crippen LogP contribution in [0.15, 0.2) is 0 Å². The Bertz CT molecular complexity index is 272. The third-order valence-corrected chi connectivity index (χ3v) is 4.82. The van der Waals surface area contributed by atoms with Crippen LogP contribution in [0.5, 0.6) is 0 Å². The Hall–Kier alpha value is 1.64. The van der Waals surface area contributed by atoms with Crippen molar-refractivity contribution in [2.75, 3.05) is 0 Å². The van der Waals surface area contributed by atoms with Crippen molar-refractivity contribution >= 4 is 40.4 Å². The zero-order valence-corrected chi connectivity index (χ0v) is 21.0. The van der Waals surface area contributed by atoms with Gasteiger partial charge in [-0.3, -0.25) is 0 Å². The second-order valence-electron chi connectivity index (χ2n) is 7.87. The minimum absolute atomic E-state index is 0.248. The van der Waals surface area contributed by atoms with Crippen molar-refractivity contribution in [3.63, 3.8) is 0 Å². The molecule has 0 bridgehead atoms. The summed E-state index contributed by atoms with van der Waals surface area (Å²) in [7, 11) is 17.2. The van der Waals surface area contributed by atoms with Crippen LogP contribution in [-0.2, 0) is 9.20 Å². The fraction of sp³-hybridized carbons (Fsp3) is 1.00.